The predicted octanol–water partition coefficient (Wildman–Crippen LogP) is 3.69. The van der Waals surface area contributed by atoms with Crippen LogP contribution < -0.4 is 20.9 Å². The largest absolute Gasteiger partial charge is 0.495 e. The van der Waals surface area contributed by atoms with Crippen molar-refractivity contribution >= 4 is 32.6 Å². The average Bonchev–Trinajstić information content (AvgIpc) is 3.41. The van der Waals surface area contributed by atoms with Gasteiger partial charge in [0.2, 0.25) is 0 Å². The first-order valence-electron chi connectivity index (χ1n) is 10.2. The third kappa shape index (κ3) is 4.22. The van der Waals surface area contributed by atoms with E-state index in [1.54, 1.807) is 43.1 Å². The summed E-state index contributed by atoms with van der Waals surface area (Å²) in [4.78, 5) is 26.6. The van der Waals surface area contributed by atoms with Crippen LogP contribution in [0.25, 0.3) is 16.0 Å². The van der Waals surface area contributed by atoms with Gasteiger partial charge in [0.15, 0.2) is 5.13 Å². The predicted molar refractivity (Wildman–Crippen MR) is 122 cm³/mol. The highest BCUT2D eigenvalue weighted by Crippen LogP contribution is 2.29. The lowest BCUT2D eigenvalue weighted by Crippen LogP contribution is -2.21. The van der Waals surface area contributed by atoms with E-state index in [4.69, 9.17) is 4.74 Å². The van der Waals surface area contributed by atoms with Crippen LogP contribution in [-0.2, 0) is 0 Å². The fourth-order valence-electron chi connectivity index (χ4n) is 3.86. The molecule has 0 amide bonds. The minimum atomic E-state index is -0.127. The molecule has 9 heteroatoms. The zero-order valence-electron chi connectivity index (χ0n) is 17.0. The van der Waals surface area contributed by atoms with Crippen molar-refractivity contribution in [2.75, 3.05) is 17.7 Å². The van der Waals surface area contributed by atoms with E-state index in [2.05, 4.69) is 25.6 Å². The number of aromatic nitrogens is 4. The van der Waals surface area contributed by atoms with Crippen molar-refractivity contribution in [1.29, 1.82) is 0 Å². The molecule has 4 aromatic rings. The summed E-state index contributed by atoms with van der Waals surface area (Å²) in [6, 6.07) is 11.5. The molecule has 0 radical (unpaired) electrons. The van der Waals surface area contributed by atoms with Gasteiger partial charge < -0.3 is 15.4 Å². The molecular formula is C22H22N6O2S. The molecule has 0 unspecified atom stereocenters. The van der Waals surface area contributed by atoms with Crippen LogP contribution in [0.2, 0.25) is 0 Å². The second-order valence-electron chi connectivity index (χ2n) is 7.52. The number of ether oxygens (including phenoxy) is 1. The van der Waals surface area contributed by atoms with Crippen LogP contribution in [0.3, 0.4) is 0 Å². The lowest BCUT2D eigenvalue weighted by Gasteiger charge is -2.15. The van der Waals surface area contributed by atoms with E-state index >= 15 is 0 Å². The van der Waals surface area contributed by atoms with Crippen molar-refractivity contribution in [3.63, 3.8) is 0 Å². The number of hydrogen-bond donors (Lipinski definition) is 2. The average molecular weight is 435 g/mol. The summed E-state index contributed by atoms with van der Waals surface area (Å²) in [5.41, 5.74) is 1.50. The maximum Gasteiger partial charge on any atom is 0.255 e. The van der Waals surface area contributed by atoms with E-state index in [0.717, 1.165) is 40.6 Å². The first-order chi connectivity index (χ1) is 15.2. The van der Waals surface area contributed by atoms with Crippen LogP contribution in [-0.4, -0.2) is 38.7 Å². The van der Waals surface area contributed by atoms with Crippen molar-refractivity contribution in [2.24, 2.45) is 0 Å². The van der Waals surface area contributed by atoms with Crippen molar-refractivity contribution < 1.29 is 4.74 Å². The van der Waals surface area contributed by atoms with Gasteiger partial charge in [-0.2, -0.15) is 0 Å². The SMILES string of the molecule is COc1ccc(=O)n(-c2ccc(N[C@H]3CC[C@H](Nc4nc5cccnc5s4)C3)nc2)c1. The normalized spacial score (nSPS) is 18.2. The van der Waals surface area contributed by atoms with Gasteiger partial charge in [0.25, 0.3) is 5.56 Å². The van der Waals surface area contributed by atoms with Crippen LogP contribution in [0.5, 0.6) is 5.75 Å². The lowest BCUT2D eigenvalue weighted by atomic mass is 10.2. The Balaban J connectivity index is 1.21. The fraction of sp³-hybridized carbons (Fsp3) is 0.273. The molecule has 1 fully saturated rings. The maximum absolute atomic E-state index is 12.1. The zero-order valence-corrected chi connectivity index (χ0v) is 17.8. The molecule has 2 atom stereocenters. The summed E-state index contributed by atoms with van der Waals surface area (Å²) in [5, 5.41) is 7.98. The van der Waals surface area contributed by atoms with E-state index in [9.17, 15) is 4.79 Å². The highest BCUT2D eigenvalue weighted by atomic mass is 32.1. The Morgan fingerprint density at radius 1 is 1.10 bits per heavy atom. The smallest absolute Gasteiger partial charge is 0.255 e. The van der Waals surface area contributed by atoms with Gasteiger partial charge in [0.05, 0.1) is 25.2 Å². The number of anilines is 2. The molecular weight excluding hydrogens is 412 g/mol. The molecule has 0 aliphatic heterocycles. The Labute approximate surface area is 183 Å². The monoisotopic (exact) mass is 434 g/mol. The number of methoxy groups -OCH3 is 1. The van der Waals surface area contributed by atoms with Crippen LogP contribution in [0.4, 0.5) is 10.9 Å². The van der Waals surface area contributed by atoms with Crippen LogP contribution >= 0.6 is 11.3 Å². The van der Waals surface area contributed by atoms with Gasteiger partial charge in [-0.05, 0) is 49.6 Å². The Bertz CT molecular complexity index is 1220. The Hall–Kier alpha value is -3.46. The zero-order chi connectivity index (χ0) is 21.2. The number of hydrogen-bond acceptors (Lipinski definition) is 8. The van der Waals surface area contributed by atoms with Gasteiger partial charge in [-0.25, -0.2) is 15.0 Å². The molecule has 0 spiro atoms. The number of pyridine rings is 3. The highest BCUT2D eigenvalue weighted by molar-refractivity contribution is 7.21. The van der Waals surface area contributed by atoms with E-state index in [1.165, 1.54) is 10.6 Å². The second kappa shape index (κ2) is 8.35. The van der Waals surface area contributed by atoms with E-state index < -0.39 is 0 Å². The third-order valence-electron chi connectivity index (χ3n) is 5.42. The summed E-state index contributed by atoms with van der Waals surface area (Å²) < 4.78 is 6.73. The molecule has 8 nitrogen and oxygen atoms in total. The molecule has 1 saturated carbocycles. The van der Waals surface area contributed by atoms with Gasteiger partial charge in [-0.3, -0.25) is 9.36 Å². The number of rotatable bonds is 6. The van der Waals surface area contributed by atoms with Gasteiger partial charge in [-0.15, -0.1) is 0 Å². The first-order valence-corrected chi connectivity index (χ1v) is 11.0. The quantitative estimate of drug-likeness (QED) is 0.478. The van der Waals surface area contributed by atoms with Crippen molar-refractivity contribution in [3.8, 4) is 11.4 Å². The summed E-state index contributed by atoms with van der Waals surface area (Å²) in [5.74, 6) is 1.42. The Kier molecular flexibility index (Phi) is 5.25. The standard InChI is InChI=1S/C22H22N6O2S/c1-30-17-7-9-20(29)28(13-17)16-6-8-19(24-12-16)25-14-4-5-15(11-14)26-22-27-18-3-2-10-23-21(18)31-22/h2-3,6-10,12-15H,4-5,11H2,1H3,(H,24,25)(H,26,27)/t14-,15-/m0/s1. The molecule has 5 rings (SSSR count). The summed E-state index contributed by atoms with van der Waals surface area (Å²) >= 11 is 1.59. The molecule has 2 N–H and O–H groups in total. The summed E-state index contributed by atoms with van der Waals surface area (Å²) in [7, 11) is 1.58. The lowest BCUT2D eigenvalue weighted by molar-refractivity contribution is 0.411. The molecule has 1 aliphatic rings. The van der Waals surface area contributed by atoms with Gasteiger partial charge in [0, 0.05) is 24.3 Å². The molecule has 4 heterocycles. The van der Waals surface area contributed by atoms with Gasteiger partial charge in [-0.1, -0.05) is 11.3 Å². The van der Waals surface area contributed by atoms with Crippen molar-refractivity contribution in [3.05, 3.63) is 65.3 Å². The molecule has 0 saturated heterocycles. The van der Waals surface area contributed by atoms with Crippen LogP contribution in [0.15, 0.2) is 59.8 Å². The molecule has 4 aromatic heterocycles. The van der Waals surface area contributed by atoms with Crippen molar-refractivity contribution in [1.82, 2.24) is 19.5 Å². The summed E-state index contributed by atoms with van der Waals surface area (Å²) in [6.45, 7) is 0. The molecule has 158 valence electrons. The maximum atomic E-state index is 12.1. The molecule has 31 heavy (non-hydrogen) atoms. The van der Waals surface area contributed by atoms with E-state index in [0.29, 0.717) is 23.5 Å². The van der Waals surface area contributed by atoms with Gasteiger partial charge in [0.1, 0.15) is 21.9 Å². The number of nitrogens with zero attached hydrogens (tertiary/aromatic N) is 4. The van der Waals surface area contributed by atoms with Crippen LogP contribution in [0.1, 0.15) is 19.3 Å². The topological polar surface area (TPSA) is 94.0 Å². The minimum Gasteiger partial charge on any atom is -0.495 e. The van der Waals surface area contributed by atoms with Crippen molar-refractivity contribution in [2.45, 2.75) is 31.3 Å². The number of nitrogens with one attached hydrogen (secondary N) is 2. The van der Waals surface area contributed by atoms with E-state index in [1.807, 2.05) is 24.3 Å². The molecule has 0 bridgehead atoms. The second-order valence-corrected chi connectivity index (χ2v) is 8.50. The first kappa shape index (κ1) is 19.5. The van der Waals surface area contributed by atoms with Gasteiger partial charge >= 0.3 is 0 Å². The third-order valence-corrected chi connectivity index (χ3v) is 6.33. The molecule has 0 aromatic carbocycles. The minimum absolute atomic E-state index is 0.127. The Morgan fingerprint density at radius 3 is 2.74 bits per heavy atom. The number of fused-ring (bicyclic) bond motifs is 1. The fourth-order valence-corrected chi connectivity index (χ4v) is 4.75. The highest BCUT2D eigenvalue weighted by Gasteiger charge is 2.25. The van der Waals surface area contributed by atoms with Crippen LogP contribution in [0, 0.1) is 0 Å². The van der Waals surface area contributed by atoms with E-state index in [-0.39, 0.29) is 5.56 Å². The summed E-state index contributed by atoms with van der Waals surface area (Å²) in [6.07, 6.45) is 8.27. The Morgan fingerprint density at radius 2 is 1.97 bits per heavy atom. The molecule has 1 aliphatic carbocycles. The number of thiazole rings is 1.